The molecule has 90 valence electrons. The van der Waals surface area contributed by atoms with E-state index >= 15 is 0 Å². The number of carboxylic acids is 1. The van der Waals surface area contributed by atoms with Gasteiger partial charge in [-0.2, -0.15) is 0 Å². The standard InChI is InChI=1S/C11H18N2O2S/c1-7(2)9-5-12-11(16-9)13(4)6-8(3)10(14)15/h5,7-8H,6H2,1-4H3,(H,14,15). The number of aromatic nitrogens is 1. The lowest BCUT2D eigenvalue weighted by Gasteiger charge is -2.17. The molecule has 0 spiro atoms. The van der Waals surface area contributed by atoms with Gasteiger partial charge in [-0.05, 0) is 5.92 Å². The van der Waals surface area contributed by atoms with E-state index in [-0.39, 0.29) is 5.92 Å². The van der Waals surface area contributed by atoms with Gasteiger partial charge in [0.1, 0.15) is 0 Å². The molecule has 1 unspecified atom stereocenters. The summed E-state index contributed by atoms with van der Waals surface area (Å²) in [5.74, 6) is -0.680. The van der Waals surface area contributed by atoms with Crippen LogP contribution < -0.4 is 4.90 Å². The van der Waals surface area contributed by atoms with Crippen molar-refractivity contribution >= 4 is 22.4 Å². The predicted octanol–water partition coefficient (Wildman–Crippen LogP) is 2.42. The van der Waals surface area contributed by atoms with Crippen LogP contribution in [0.2, 0.25) is 0 Å². The number of hydrogen-bond acceptors (Lipinski definition) is 4. The van der Waals surface area contributed by atoms with Gasteiger partial charge < -0.3 is 10.0 Å². The topological polar surface area (TPSA) is 53.4 Å². The van der Waals surface area contributed by atoms with E-state index in [1.807, 2.05) is 18.1 Å². The Kier molecular flexibility index (Phi) is 4.29. The van der Waals surface area contributed by atoms with Crippen LogP contribution in [-0.4, -0.2) is 29.7 Å². The molecule has 0 bridgehead atoms. The Bertz CT molecular complexity index is 363. The number of carboxylic acid groups (broad SMARTS) is 1. The van der Waals surface area contributed by atoms with Crippen molar-refractivity contribution in [3.63, 3.8) is 0 Å². The molecule has 0 aromatic carbocycles. The highest BCUT2D eigenvalue weighted by molar-refractivity contribution is 7.15. The van der Waals surface area contributed by atoms with E-state index in [9.17, 15) is 4.79 Å². The van der Waals surface area contributed by atoms with Crippen molar-refractivity contribution in [3.8, 4) is 0 Å². The molecule has 0 radical (unpaired) electrons. The van der Waals surface area contributed by atoms with Crippen molar-refractivity contribution in [1.29, 1.82) is 0 Å². The predicted molar refractivity (Wildman–Crippen MR) is 66.3 cm³/mol. The molecular weight excluding hydrogens is 224 g/mol. The fourth-order valence-corrected chi connectivity index (χ4v) is 2.18. The number of rotatable bonds is 5. The van der Waals surface area contributed by atoms with Crippen LogP contribution in [0, 0.1) is 5.92 Å². The first-order chi connectivity index (χ1) is 7.41. The summed E-state index contributed by atoms with van der Waals surface area (Å²) in [6.07, 6.45) is 1.87. The zero-order chi connectivity index (χ0) is 12.3. The fraction of sp³-hybridized carbons (Fsp3) is 0.636. The van der Waals surface area contributed by atoms with Gasteiger partial charge >= 0.3 is 5.97 Å². The number of thiazole rings is 1. The summed E-state index contributed by atoms with van der Waals surface area (Å²) in [4.78, 5) is 18.2. The van der Waals surface area contributed by atoms with Crippen LogP contribution in [-0.2, 0) is 4.79 Å². The zero-order valence-corrected chi connectivity index (χ0v) is 10.9. The van der Waals surface area contributed by atoms with Gasteiger partial charge in [0.25, 0.3) is 0 Å². The molecule has 0 aliphatic heterocycles. The van der Waals surface area contributed by atoms with E-state index in [1.165, 1.54) is 4.88 Å². The Morgan fingerprint density at radius 2 is 2.19 bits per heavy atom. The zero-order valence-electron chi connectivity index (χ0n) is 10.1. The molecule has 1 atom stereocenters. The smallest absolute Gasteiger partial charge is 0.308 e. The van der Waals surface area contributed by atoms with Gasteiger partial charge in [-0.15, -0.1) is 11.3 Å². The van der Waals surface area contributed by atoms with Crippen molar-refractivity contribution in [2.75, 3.05) is 18.5 Å². The molecular formula is C11H18N2O2S. The van der Waals surface area contributed by atoms with E-state index in [4.69, 9.17) is 5.11 Å². The first-order valence-corrected chi connectivity index (χ1v) is 6.13. The van der Waals surface area contributed by atoms with Crippen LogP contribution in [0.4, 0.5) is 5.13 Å². The third kappa shape index (κ3) is 3.20. The number of anilines is 1. The van der Waals surface area contributed by atoms with Gasteiger partial charge in [0, 0.05) is 24.7 Å². The van der Waals surface area contributed by atoms with Crippen molar-refractivity contribution in [2.24, 2.45) is 5.92 Å². The molecule has 1 heterocycles. The first-order valence-electron chi connectivity index (χ1n) is 5.31. The molecule has 1 rings (SSSR count). The van der Waals surface area contributed by atoms with Crippen molar-refractivity contribution < 1.29 is 9.90 Å². The van der Waals surface area contributed by atoms with Gasteiger partial charge in [0.15, 0.2) is 5.13 Å². The van der Waals surface area contributed by atoms with E-state index in [0.717, 1.165) is 5.13 Å². The summed E-state index contributed by atoms with van der Waals surface area (Å²) in [6.45, 7) is 6.44. The number of hydrogen-bond donors (Lipinski definition) is 1. The Hall–Kier alpha value is -1.10. The van der Waals surface area contributed by atoms with E-state index < -0.39 is 5.97 Å². The summed E-state index contributed by atoms with van der Waals surface area (Å²) >= 11 is 1.62. The molecule has 1 aromatic rings. The largest absolute Gasteiger partial charge is 0.481 e. The molecule has 1 N–H and O–H groups in total. The quantitative estimate of drug-likeness (QED) is 0.861. The van der Waals surface area contributed by atoms with E-state index in [2.05, 4.69) is 18.8 Å². The third-order valence-corrected chi connectivity index (χ3v) is 3.79. The molecule has 5 heteroatoms. The maximum atomic E-state index is 10.7. The average Bonchev–Trinajstić information content (AvgIpc) is 2.65. The van der Waals surface area contributed by atoms with Crippen LogP contribution in [0.15, 0.2) is 6.20 Å². The lowest BCUT2D eigenvalue weighted by atomic mass is 10.2. The summed E-state index contributed by atoms with van der Waals surface area (Å²) in [7, 11) is 1.88. The molecule has 0 saturated heterocycles. The molecule has 0 aliphatic carbocycles. The fourth-order valence-electron chi connectivity index (χ4n) is 1.29. The summed E-state index contributed by atoms with van der Waals surface area (Å²) in [6, 6.07) is 0. The summed E-state index contributed by atoms with van der Waals surface area (Å²) < 4.78 is 0. The van der Waals surface area contributed by atoms with Crippen LogP contribution in [0.1, 0.15) is 31.6 Å². The lowest BCUT2D eigenvalue weighted by Crippen LogP contribution is -2.28. The Labute approximate surface area is 99.9 Å². The molecule has 0 saturated carbocycles. The maximum absolute atomic E-state index is 10.7. The highest BCUT2D eigenvalue weighted by atomic mass is 32.1. The van der Waals surface area contributed by atoms with Crippen LogP contribution >= 0.6 is 11.3 Å². The van der Waals surface area contributed by atoms with Crippen molar-refractivity contribution in [3.05, 3.63) is 11.1 Å². The summed E-state index contributed by atoms with van der Waals surface area (Å²) in [5.41, 5.74) is 0. The van der Waals surface area contributed by atoms with Crippen LogP contribution in [0.3, 0.4) is 0 Å². The highest BCUT2D eigenvalue weighted by Crippen LogP contribution is 2.27. The van der Waals surface area contributed by atoms with Gasteiger partial charge in [0.05, 0.1) is 5.92 Å². The normalized spacial score (nSPS) is 12.8. The molecule has 16 heavy (non-hydrogen) atoms. The maximum Gasteiger partial charge on any atom is 0.308 e. The molecule has 4 nitrogen and oxygen atoms in total. The van der Waals surface area contributed by atoms with Crippen LogP contribution in [0.25, 0.3) is 0 Å². The Morgan fingerprint density at radius 1 is 1.56 bits per heavy atom. The minimum atomic E-state index is -0.771. The highest BCUT2D eigenvalue weighted by Gasteiger charge is 2.16. The van der Waals surface area contributed by atoms with Gasteiger partial charge in [-0.25, -0.2) is 4.98 Å². The second-order valence-electron chi connectivity index (χ2n) is 4.32. The molecule has 0 fully saturated rings. The Balaban J connectivity index is 2.65. The number of nitrogens with zero attached hydrogens (tertiary/aromatic N) is 2. The summed E-state index contributed by atoms with van der Waals surface area (Å²) in [5, 5.41) is 9.71. The first kappa shape index (κ1) is 13.0. The van der Waals surface area contributed by atoms with E-state index in [1.54, 1.807) is 18.3 Å². The van der Waals surface area contributed by atoms with Gasteiger partial charge in [0.2, 0.25) is 0 Å². The third-order valence-electron chi connectivity index (χ3n) is 2.38. The number of aliphatic carboxylic acids is 1. The second-order valence-corrected chi connectivity index (χ2v) is 5.36. The SMILES string of the molecule is CC(CN(C)c1ncc(C(C)C)s1)C(=O)O. The Morgan fingerprint density at radius 3 is 2.62 bits per heavy atom. The average molecular weight is 242 g/mol. The second kappa shape index (κ2) is 5.30. The van der Waals surface area contributed by atoms with E-state index in [0.29, 0.717) is 12.5 Å². The minimum Gasteiger partial charge on any atom is -0.481 e. The van der Waals surface area contributed by atoms with Crippen LogP contribution in [0.5, 0.6) is 0 Å². The van der Waals surface area contributed by atoms with Gasteiger partial charge in [-0.3, -0.25) is 4.79 Å². The van der Waals surface area contributed by atoms with Crippen molar-refractivity contribution in [1.82, 2.24) is 4.98 Å². The lowest BCUT2D eigenvalue weighted by molar-refractivity contribution is -0.140. The van der Waals surface area contributed by atoms with Crippen molar-refractivity contribution in [2.45, 2.75) is 26.7 Å². The molecule has 1 aromatic heterocycles. The number of carbonyl (C=O) groups is 1. The molecule has 0 amide bonds. The van der Waals surface area contributed by atoms with Gasteiger partial charge in [-0.1, -0.05) is 20.8 Å². The molecule has 0 aliphatic rings. The monoisotopic (exact) mass is 242 g/mol. The minimum absolute atomic E-state index is 0.378.